The van der Waals surface area contributed by atoms with Gasteiger partial charge in [-0.2, -0.15) is 0 Å². The summed E-state index contributed by atoms with van der Waals surface area (Å²) in [5, 5.41) is 17.9. The predicted molar refractivity (Wildman–Crippen MR) is 55.6 cm³/mol. The quantitative estimate of drug-likeness (QED) is 0.711. The summed E-state index contributed by atoms with van der Waals surface area (Å²) in [7, 11) is 0. The third-order valence-electron chi connectivity index (χ3n) is 3.16. The van der Waals surface area contributed by atoms with E-state index in [2.05, 4.69) is 0 Å². The van der Waals surface area contributed by atoms with Crippen LogP contribution in [0.3, 0.4) is 0 Å². The Morgan fingerprint density at radius 2 is 1.80 bits per heavy atom. The van der Waals surface area contributed by atoms with Crippen LogP contribution >= 0.6 is 0 Å². The van der Waals surface area contributed by atoms with Crippen molar-refractivity contribution in [2.45, 2.75) is 32.6 Å². The Hall–Kier alpha value is -0.528. The Morgan fingerprint density at radius 1 is 1.20 bits per heavy atom. The topological polar surface area (TPSA) is 74.6 Å². The van der Waals surface area contributed by atoms with Crippen molar-refractivity contribution < 1.29 is 19.8 Å². The summed E-state index contributed by atoms with van der Waals surface area (Å²) in [4.78, 5) is 21.8. The zero-order chi connectivity index (χ0) is 10.7. The third-order valence-corrected chi connectivity index (χ3v) is 3.16. The maximum atomic E-state index is 11.0. The standard InChI is InChI=1S/C10H16O4.Al/c1-2-6-4-3-5-7(9(11)12)8(6)10(13)14;/h6-8H,2-5H2,1H3,(H,11,12)(H,13,14);. The van der Waals surface area contributed by atoms with Crippen LogP contribution in [-0.4, -0.2) is 39.5 Å². The molecule has 15 heavy (non-hydrogen) atoms. The van der Waals surface area contributed by atoms with Crippen LogP contribution in [0.2, 0.25) is 0 Å². The average Bonchev–Trinajstić information content (AvgIpc) is 2.16. The molecule has 0 aromatic carbocycles. The SMILES string of the molecule is CCC1CCCC(C(=O)O)C1C(=O)O.[Al]. The zero-order valence-electron chi connectivity index (χ0n) is 8.85. The Morgan fingerprint density at radius 3 is 2.20 bits per heavy atom. The molecule has 1 fully saturated rings. The first kappa shape index (κ1) is 14.5. The molecule has 0 aliphatic heterocycles. The lowest BCUT2D eigenvalue weighted by Gasteiger charge is -2.32. The number of aliphatic carboxylic acids is 2. The highest BCUT2D eigenvalue weighted by Gasteiger charge is 2.41. The van der Waals surface area contributed by atoms with Gasteiger partial charge in [-0.1, -0.05) is 19.8 Å². The van der Waals surface area contributed by atoms with E-state index in [1.54, 1.807) is 0 Å². The summed E-state index contributed by atoms with van der Waals surface area (Å²) in [6, 6.07) is 0. The summed E-state index contributed by atoms with van der Waals surface area (Å²) < 4.78 is 0. The van der Waals surface area contributed by atoms with Crippen molar-refractivity contribution in [3.63, 3.8) is 0 Å². The minimum absolute atomic E-state index is 0. The van der Waals surface area contributed by atoms with Gasteiger partial charge in [0.15, 0.2) is 0 Å². The van der Waals surface area contributed by atoms with Gasteiger partial charge in [-0.15, -0.1) is 0 Å². The van der Waals surface area contributed by atoms with Crippen molar-refractivity contribution in [3.05, 3.63) is 0 Å². The Kier molecular flexibility index (Phi) is 5.93. The summed E-state index contributed by atoms with van der Waals surface area (Å²) in [6.45, 7) is 1.92. The van der Waals surface area contributed by atoms with Gasteiger partial charge in [0.2, 0.25) is 0 Å². The lowest BCUT2D eigenvalue weighted by atomic mass is 9.71. The molecule has 3 radical (unpaired) electrons. The van der Waals surface area contributed by atoms with Gasteiger partial charge in [0, 0.05) is 17.4 Å². The molecule has 1 aliphatic rings. The van der Waals surface area contributed by atoms with Crippen molar-refractivity contribution in [1.29, 1.82) is 0 Å². The molecule has 1 saturated carbocycles. The largest absolute Gasteiger partial charge is 0.481 e. The number of hydrogen-bond donors (Lipinski definition) is 2. The molecule has 0 heterocycles. The third kappa shape index (κ3) is 3.22. The second-order valence-corrected chi connectivity index (χ2v) is 3.91. The van der Waals surface area contributed by atoms with Gasteiger partial charge in [0.1, 0.15) is 0 Å². The van der Waals surface area contributed by atoms with Gasteiger partial charge in [0.05, 0.1) is 11.8 Å². The first-order valence-electron chi connectivity index (χ1n) is 5.03. The number of hydrogen-bond acceptors (Lipinski definition) is 2. The molecule has 0 saturated heterocycles. The lowest BCUT2D eigenvalue weighted by molar-refractivity contribution is -0.158. The first-order chi connectivity index (χ1) is 6.57. The number of carboxylic acid groups (broad SMARTS) is 2. The number of carbonyl (C=O) groups is 2. The van der Waals surface area contributed by atoms with Crippen LogP contribution in [0.5, 0.6) is 0 Å². The van der Waals surface area contributed by atoms with Gasteiger partial charge in [-0.25, -0.2) is 0 Å². The monoisotopic (exact) mass is 227 g/mol. The Bertz CT molecular complexity index is 242. The van der Waals surface area contributed by atoms with E-state index >= 15 is 0 Å². The van der Waals surface area contributed by atoms with Crippen molar-refractivity contribution in [2.24, 2.45) is 17.8 Å². The Balaban J connectivity index is 0.00000196. The fourth-order valence-electron chi connectivity index (χ4n) is 2.40. The van der Waals surface area contributed by atoms with E-state index < -0.39 is 23.8 Å². The molecule has 0 aromatic heterocycles. The van der Waals surface area contributed by atoms with Crippen molar-refractivity contribution in [3.8, 4) is 0 Å². The second kappa shape index (κ2) is 6.14. The summed E-state index contributed by atoms with van der Waals surface area (Å²) in [6.07, 6.45) is 2.93. The van der Waals surface area contributed by atoms with Crippen LogP contribution in [0.1, 0.15) is 32.6 Å². The van der Waals surface area contributed by atoms with E-state index in [-0.39, 0.29) is 23.3 Å². The molecule has 4 nitrogen and oxygen atoms in total. The highest BCUT2D eigenvalue weighted by Crippen LogP contribution is 2.37. The molecular formula is C10H16AlO4. The smallest absolute Gasteiger partial charge is 0.307 e. The van der Waals surface area contributed by atoms with Crippen LogP contribution in [0.4, 0.5) is 0 Å². The molecule has 1 rings (SSSR count). The van der Waals surface area contributed by atoms with Crippen LogP contribution in [0, 0.1) is 17.8 Å². The molecule has 3 atom stereocenters. The molecule has 0 amide bonds. The van der Waals surface area contributed by atoms with E-state index in [1.165, 1.54) is 0 Å². The molecule has 5 heteroatoms. The van der Waals surface area contributed by atoms with Gasteiger partial charge in [0.25, 0.3) is 0 Å². The minimum Gasteiger partial charge on any atom is -0.481 e. The summed E-state index contributed by atoms with van der Waals surface area (Å²) in [5.74, 6) is -3.26. The van der Waals surface area contributed by atoms with Gasteiger partial charge in [-0.3, -0.25) is 9.59 Å². The lowest BCUT2D eigenvalue weighted by Crippen LogP contribution is -2.38. The minimum atomic E-state index is -0.962. The number of carboxylic acids is 2. The average molecular weight is 227 g/mol. The van der Waals surface area contributed by atoms with E-state index in [4.69, 9.17) is 10.2 Å². The highest BCUT2D eigenvalue weighted by atomic mass is 27.0. The normalized spacial score (nSPS) is 30.3. The zero-order valence-corrected chi connectivity index (χ0v) is 10.0. The first-order valence-corrected chi connectivity index (χ1v) is 5.03. The van der Waals surface area contributed by atoms with E-state index in [0.717, 1.165) is 19.3 Å². The van der Waals surface area contributed by atoms with Crippen LogP contribution in [-0.2, 0) is 9.59 Å². The highest BCUT2D eigenvalue weighted by molar-refractivity contribution is 5.80. The maximum absolute atomic E-state index is 11.0. The van der Waals surface area contributed by atoms with Crippen molar-refractivity contribution >= 4 is 29.3 Å². The van der Waals surface area contributed by atoms with Crippen molar-refractivity contribution in [1.82, 2.24) is 0 Å². The fourth-order valence-corrected chi connectivity index (χ4v) is 2.40. The molecule has 83 valence electrons. The predicted octanol–water partition coefficient (Wildman–Crippen LogP) is 1.22. The molecular weight excluding hydrogens is 211 g/mol. The van der Waals surface area contributed by atoms with Crippen LogP contribution in [0.25, 0.3) is 0 Å². The van der Waals surface area contributed by atoms with Crippen molar-refractivity contribution in [2.75, 3.05) is 0 Å². The molecule has 0 spiro atoms. The van der Waals surface area contributed by atoms with Gasteiger partial charge >= 0.3 is 11.9 Å². The molecule has 0 aromatic rings. The fraction of sp³-hybridized carbons (Fsp3) is 0.800. The molecule has 1 aliphatic carbocycles. The van der Waals surface area contributed by atoms with Gasteiger partial charge < -0.3 is 10.2 Å². The van der Waals surface area contributed by atoms with E-state index in [9.17, 15) is 9.59 Å². The van der Waals surface area contributed by atoms with E-state index in [1.807, 2.05) is 6.92 Å². The van der Waals surface area contributed by atoms with E-state index in [0.29, 0.717) is 6.42 Å². The Labute approximate surface area is 99.8 Å². The van der Waals surface area contributed by atoms with Crippen LogP contribution < -0.4 is 0 Å². The van der Waals surface area contributed by atoms with Crippen LogP contribution in [0.15, 0.2) is 0 Å². The number of rotatable bonds is 3. The molecule has 2 N–H and O–H groups in total. The maximum Gasteiger partial charge on any atom is 0.307 e. The summed E-state index contributed by atoms with van der Waals surface area (Å²) in [5.41, 5.74) is 0. The molecule has 0 bridgehead atoms. The summed E-state index contributed by atoms with van der Waals surface area (Å²) >= 11 is 0. The van der Waals surface area contributed by atoms with Gasteiger partial charge in [-0.05, 0) is 18.8 Å². The molecule has 3 unspecified atom stereocenters. The second-order valence-electron chi connectivity index (χ2n) is 3.91.